The Labute approximate surface area is 103 Å². The zero-order valence-corrected chi connectivity index (χ0v) is 9.62. The van der Waals surface area contributed by atoms with Gasteiger partial charge in [0.1, 0.15) is 5.75 Å². The van der Waals surface area contributed by atoms with Gasteiger partial charge < -0.3 is 4.74 Å². The maximum absolute atomic E-state index is 13.4. The van der Waals surface area contributed by atoms with Crippen molar-refractivity contribution in [1.29, 1.82) is 0 Å². The van der Waals surface area contributed by atoms with Gasteiger partial charge in [0.25, 0.3) is 0 Å². The molecule has 86 valence electrons. The number of aromatic nitrogens is 1. The van der Waals surface area contributed by atoms with Crippen molar-refractivity contribution in [3.05, 3.63) is 59.6 Å². The van der Waals surface area contributed by atoms with Gasteiger partial charge >= 0.3 is 0 Å². The summed E-state index contributed by atoms with van der Waals surface area (Å²) >= 11 is 5.84. The Morgan fingerprint density at radius 3 is 2.71 bits per heavy atom. The summed E-state index contributed by atoms with van der Waals surface area (Å²) < 4.78 is 18.8. The van der Waals surface area contributed by atoms with E-state index in [4.69, 9.17) is 16.3 Å². The summed E-state index contributed by atoms with van der Waals surface area (Å²) in [4.78, 5) is 4.04. The molecule has 0 saturated carbocycles. The van der Waals surface area contributed by atoms with Crippen LogP contribution in [0.5, 0.6) is 11.5 Å². The molecule has 2 nitrogen and oxygen atoms in total. The van der Waals surface area contributed by atoms with Crippen LogP contribution in [0.4, 0.5) is 4.39 Å². The van der Waals surface area contributed by atoms with Crippen LogP contribution in [0.25, 0.3) is 6.08 Å². The monoisotopic (exact) mass is 249 g/mol. The zero-order chi connectivity index (χ0) is 12.3. The number of halogens is 2. The normalized spacial score (nSPS) is 10.0. The van der Waals surface area contributed by atoms with Crippen LogP contribution in [0, 0.1) is 5.82 Å². The molecule has 2 aromatic rings. The summed E-state index contributed by atoms with van der Waals surface area (Å²) in [6.45, 7) is 3.59. The average molecular weight is 250 g/mol. The first-order valence-electron chi connectivity index (χ1n) is 4.91. The van der Waals surface area contributed by atoms with E-state index in [-0.39, 0.29) is 10.8 Å². The van der Waals surface area contributed by atoms with E-state index in [1.54, 1.807) is 24.3 Å². The highest BCUT2D eigenvalue weighted by atomic mass is 35.5. The van der Waals surface area contributed by atoms with Gasteiger partial charge in [-0.2, -0.15) is 0 Å². The fourth-order valence-corrected chi connectivity index (χ4v) is 1.47. The van der Waals surface area contributed by atoms with Crippen molar-refractivity contribution in [2.75, 3.05) is 0 Å². The van der Waals surface area contributed by atoms with Crippen molar-refractivity contribution >= 4 is 17.7 Å². The van der Waals surface area contributed by atoms with E-state index >= 15 is 0 Å². The Morgan fingerprint density at radius 2 is 2.12 bits per heavy atom. The first-order chi connectivity index (χ1) is 8.20. The number of ether oxygens (including phenoxy) is 1. The molecule has 0 bridgehead atoms. The van der Waals surface area contributed by atoms with Crippen LogP contribution in [-0.4, -0.2) is 4.98 Å². The van der Waals surface area contributed by atoms with Crippen LogP contribution in [0.1, 0.15) is 5.69 Å². The van der Waals surface area contributed by atoms with Crippen molar-refractivity contribution < 1.29 is 9.13 Å². The molecule has 1 aromatic carbocycles. The molecule has 0 spiro atoms. The molecule has 1 heterocycles. The average Bonchev–Trinajstić information content (AvgIpc) is 2.35. The lowest BCUT2D eigenvalue weighted by Gasteiger charge is -2.07. The van der Waals surface area contributed by atoms with Crippen molar-refractivity contribution in [2.24, 2.45) is 0 Å². The molecule has 1 aromatic heterocycles. The number of para-hydroxylation sites is 1. The van der Waals surface area contributed by atoms with Crippen LogP contribution in [-0.2, 0) is 0 Å². The summed E-state index contributed by atoms with van der Waals surface area (Å²) in [5.74, 6) is -0.0878. The van der Waals surface area contributed by atoms with Gasteiger partial charge in [0.2, 0.25) is 0 Å². The second-order valence-corrected chi connectivity index (χ2v) is 3.68. The fourth-order valence-electron chi connectivity index (χ4n) is 1.27. The molecule has 0 atom stereocenters. The highest BCUT2D eigenvalue weighted by Gasteiger charge is 2.09. The second-order valence-electron chi connectivity index (χ2n) is 3.28. The van der Waals surface area contributed by atoms with Crippen molar-refractivity contribution in [3.63, 3.8) is 0 Å². The van der Waals surface area contributed by atoms with Crippen molar-refractivity contribution in [1.82, 2.24) is 4.98 Å². The first kappa shape index (κ1) is 11.6. The van der Waals surface area contributed by atoms with Crippen molar-refractivity contribution in [2.45, 2.75) is 0 Å². The minimum absolute atomic E-state index is 0.00215. The maximum Gasteiger partial charge on any atom is 0.181 e. The summed E-state index contributed by atoms with van der Waals surface area (Å²) in [6.07, 6.45) is 3.10. The Kier molecular flexibility index (Phi) is 3.40. The summed E-state index contributed by atoms with van der Waals surface area (Å²) in [5.41, 5.74) is 0.719. The van der Waals surface area contributed by atoms with E-state index in [9.17, 15) is 4.39 Å². The largest absolute Gasteiger partial charge is 0.451 e. The maximum atomic E-state index is 13.4. The summed E-state index contributed by atoms with van der Waals surface area (Å²) in [5, 5.41) is 0.220. The van der Waals surface area contributed by atoms with Gasteiger partial charge in [-0.1, -0.05) is 24.2 Å². The third-order valence-electron chi connectivity index (χ3n) is 2.11. The number of hydrogen-bond donors (Lipinski definition) is 0. The van der Waals surface area contributed by atoms with E-state index in [2.05, 4.69) is 11.6 Å². The Morgan fingerprint density at radius 1 is 1.29 bits per heavy atom. The molecule has 0 aliphatic carbocycles. The molecule has 0 N–H and O–H groups in total. The SMILES string of the molecule is C=Cc1ccc(Oc2c(F)cccc2Cl)cn1. The van der Waals surface area contributed by atoms with Gasteiger partial charge in [0, 0.05) is 0 Å². The van der Waals surface area contributed by atoms with E-state index < -0.39 is 5.82 Å². The predicted molar refractivity (Wildman–Crippen MR) is 65.8 cm³/mol. The molecule has 0 saturated heterocycles. The summed E-state index contributed by atoms with van der Waals surface area (Å²) in [6, 6.07) is 7.76. The quantitative estimate of drug-likeness (QED) is 0.809. The highest BCUT2D eigenvalue weighted by Crippen LogP contribution is 2.31. The van der Waals surface area contributed by atoms with Gasteiger partial charge in [-0.25, -0.2) is 4.39 Å². The molecule has 17 heavy (non-hydrogen) atoms. The van der Waals surface area contributed by atoms with Gasteiger partial charge in [-0.15, -0.1) is 0 Å². The standard InChI is InChI=1S/C13H9ClFNO/c1-2-9-6-7-10(8-16-9)17-13-11(14)4-3-5-12(13)15/h2-8H,1H2. The van der Waals surface area contributed by atoms with E-state index in [0.29, 0.717) is 5.75 Å². The number of hydrogen-bond acceptors (Lipinski definition) is 2. The van der Waals surface area contributed by atoms with Crippen LogP contribution >= 0.6 is 11.6 Å². The Bertz CT molecular complexity index is 519. The molecule has 2 rings (SSSR count). The Hall–Kier alpha value is -1.87. The lowest BCUT2D eigenvalue weighted by Crippen LogP contribution is -1.90. The molecule has 4 heteroatoms. The van der Waals surface area contributed by atoms with Gasteiger partial charge in [0.05, 0.1) is 16.9 Å². The zero-order valence-electron chi connectivity index (χ0n) is 8.86. The molecular formula is C13H9ClFNO. The van der Waals surface area contributed by atoms with Crippen LogP contribution in [0.15, 0.2) is 43.1 Å². The van der Waals surface area contributed by atoms with Gasteiger partial charge in [-0.05, 0) is 30.3 Å². The van der Waals surface area contributed by atoms with E-state index in [1.165, 1.54) is 18.3 Å². The third kappa shape index (κ3) is 2.63. The molecule has 0 aliphatic rings. The number of pyridine rings is 1. The molecular weight excluding hydrogens is 241 g/mol. The second kappa shape index (κ2) is 4.97. The number of nitrogens with zero attached hydrogens (tertiary/aromatic N) is 1. The predicted octanol–water partition coefficient (Wildman–Crippen LogP) is 4.31. The molecule has 0 radical (unpaired) electrons. The van der Waals surface area contributed by atoms with Crippen LogP contribution in [0.3, 0.4) is 0 Å². The fraction of sp³-hybridized carbons (Fsp3) is 0. The van der Waals surface area contributed by atoms with E-state index in [1.807, 2.05) is 0 Å². The smallest absolute Gasteiger partial charge is 0.181 e. The van der Waals surface area contributed by atoms with E-state index in [0.717, 1.165) is 5.69 Å². The third-order valence-corrected chi connectivity index (χ3v) is 2.40. The Balaban J connectivity index is 2.28. The molecule has 0 aliphatic heterocycles. The lowest BCUT2D eigenvalue weighted by molar-refractivity contribution is 0.441. The summed E-state index contributed by atoms with van der Waals surface area (Å²) in [7, 11) is 0. The van der Waals surface area contributed by atoms with Gasteiger partial charge in [-0.3, -0.25) is 4.98 Å². The molecule has 0 amide bonds. The molecule has 0 unspecified atom stereocenters. The van der Waals surface area contributed by atoms with Crippen molar-refractivity contribution in [3.8, 4) is 11.5 Å². The minimum atomic E-state index is -0.509. The number of rotatable bonds is 3. The van der Waals surface area contributed by atoms with Gasteiger partial charge in [0.15, 0.2) is 11.6 Å². The van der Waals surface area contributed by atoms with Crippen LogP contribution < -0.4 is 4.74 Å². The number of benzene rings is 1. The minimum Gasteiger partial charge on any atom is -0.451 e. The lowest BCUT2D eigenvalue weighted by atomic mass is 10.3. The van der Waals surface area contributed by atoms with Crippen LogP contribution in [0.2, 0.25) is 5.02 Å². The first-order valence-corrected chi connectivity index (χ1v) is 5.29. The highest BCUT2D eigenvalue weighted by molar-refractivity contribution is 6.32. The topological polar surface area (TPSA) is 22.1 Å². The molecule has 0 fully saturated rings.